The standard InChI is InChI=1S/C25H24F2N2O2S/c1-12-5-13(2)22(14(3)6-12)23-20(30)9-16(10-21(23)31)15(4)24-28-29-25(32-24)17-7-18(26)11-19(27)8-17/h5-8,11,15-16,23H,9-10H2,1-4H3. The molecule has 1 heterocycles. The number of hydrogen-bond donors (Lipinski definition) is 0. The highest BCUT2D eigenvalue weighted by Gasteiger charge is 2.40. The van der Waals surface area contributed by atoms with E-state index in [1.54, 1.807) is 0 Å². The lowest BCUT2D eigenvalue weighted by molar-refractivity contribution is -0.134. The van der Waals surface area contributed by atoms with Crippen molar-refractivity contribution in [1.29, 1.82) is 0 Å². The van der Waals surface area contributed by atoms with Crippen LogP contribution in [0.15, 0.2) is 30.3 Å². The third-order valence-corrected chi connectivity index (χ3v) is 7.42. The fraction of sp³-hybridized carbons (Fsp3) is 0.360. The molecule has 0 radical (unpaired) electrons. The van der Waals surface area contributed by atoms with Gasteiger partial charge in [0.05, 0.1) is 0 Å². The molecule has 1 saturated carbocycles. The minimum Gasteiger partial charge on any atom is -0.299 e. The molecule has 0 N–H and O–H groups in total. The molecule has 166 valence electrons. The zero-order valence-corrected chi connectivity index (χ0v) is 19.2. The molecule has 1 aliphatic rings. The van der Waals surface area contributed by atoms with Crippen LogP contribution in [0.4, 0.5) is 8.78 Å². The van der Waals surface area contributed by atoms with E-state index < -0.39 is 17.6 Å². The fourth-order valence-corrected chi connectivity index (χ4v) is 5.72. The molecule has 1 aromatic heterocycles. The van der Waals surface area contributed by atoms with Crippen LogP contribution in [0.2, 0.25) is 0 Å². The van der Waals surface area contributed by atoms with E-state index in [9.17, 15) is 18.4 Å². The van der Waals surface area contributed by atoms with E-state index in [4.69, 9.17) is 0 Å². The van der Waals surface area contributed by atoms with Gasteiger partial charge in [0, 0.05) is 30.4 Å². The Bertz CT molecular complexity index is 1160. The molecule has 1 aliphatic carbocycles. The topological polar surface area (TPSA) is 59.9 Å². The van der Waals surface area contributed by atoms with Crippen molar-refractivity contribution in [2.45, 2.75) is 52.4 Å². The predicted molar refractivity (Wildman–Crippen MR) is 120 cm³/mol. The summed E-state index contributed by atoms with van der Waals surface area (Å²) >= 11 is 1.23. The van der Waals surface area contributed by atoms with Crippen LogP contribution in [-0.2, 0) is 9.59 Å². The van der Waals surface area contributed by atoms with Crippen LogP contribution in [0.25, 0.3) is 10.6 Å². The highest BCUT2D eigenvalue weighted by atomic mass is 32.1. The SMILES string of the molecule is Cc1cc(C)c(C2C(=O)CC(C(C)c3nnc(-c4cc(F)cc(F)c4)s3)CC2=O)c(C)c1. The second-order valence-electron chi connectivity index (χ2n) is 8.74. The average Bonchev–Trinajstić information content (AvgIpc) is 3.18. The van der Waals surface area contributed by atoms with Gasteiger partial charge in [0.25, 0.3) is 0 Å². The van der Waals surface area contributed by atoms with Crippen molar-refractivity contribution < 1.29 is 18.4 Å². The Kier molecular flexibility index (Phi) is 6.03. The number of hydrogen-bond acceptors (Lipinski definition) is 5. The average molecular weight is 455 g/mol. The molecule has 2 aromatic carbocycles. The maximum Gasteiger partial charge on any atom is 0.148 e. The van der Waals surface area contributed by atoms with Crippen LogP contribution in [0.1, 0.15) is 58.9 Å². The molecule has 4 rings (SSSR count). The van der Waals surface area contributed by atoms with Crippen molar-refractivity contribution in [3.63, 3.8) is 0 Å². The van der Waals surface area contributed by atoms with E-state index in [1.165, 1.54) is 23.5 Å². The first-order valence-corrected chi connectivity index (χ1v) is 11.4. The van der Waals surface area contributed by atoms with Gasteiger partial charge < -0.3 is 0 Å². The first kappa shape index (κ1) is 22.4. The first-order valence-electron chi connectivity index (χ1n) is 10.6. The lowest BCUT2D eigenvalue weighted by Crippen LogP contribution is -2.34. The number of aryl methyl sites for hydroxylation is 3. The Hall–Kier alpha value is -2.80. The van der Waals surface area contributed by atoms with Crippen molar-refractivity contribution in [2.24, 2.45) is 5.92 Å². The van der Waals surface area contributed by atoms with Crippen molar-refractivity contribution in [2.75, 3.05) is 0 Å². The quantitative estimate of drug-likeness (QED) is 0.465. The number of halogens is 2. The van der Waals surface area contributed by atoms with Gasteiger partial charge in [-0.2, -0.15) is 0 Å². The van der Waals surface area contributed by atoms with Gasteiger partial charge >= 0.3 is 0 Å². The maximum absolute atomic E-state index is 13.6. The van der Waals surface area contributed by atoms with Gasteiger partial charge in [0.15, 0.2) is 0 Å². The molecule has 32 heavy (non-hydrogen) atoms. The molecule has 0 aliphatic heterocycles. The smallest absolute Gasteiger partial charge is 0.148 e. The number of ketones is 2. The zero-order chi connectivity index (χ0) is 23.2. The molecular formula is C25H24F2N2O2S. The van der Waals surface area contributed by atoms with E-state index in [-0.39, 0.29) is 36.2 Å². The Morgan fingerprint density at radius 3 is 2.03 bits per heavy atom. The predicted octanol–water partition coefficient (Wildman–Crippen LogP) is 5.84. The van der Waals surface area contributed by atoms with Crippen LogP contribution < -0.4 is 0 Å². The molecule has 0 bridgehead atoms. The third kappa shape index (κ3) is 4.26. The molecule has 4 nitrogen and oxygen atoms in total. The Morgan fingerprint density at radius 1 is 0.906 bits per heavy atom. The van der Waals surface area contributed by atoms with E-state index in [2.05, 4.69) is 10.2 Å². The van der Waals surface area contributed by atoms with Crippen LogP contribution in [0.3, 0.4) is 0 Å². The van der Waals surface area contributed by atoms with E-state index in [0.29, 0.717) is 15.6 Å². The number of carbonyl (C=O) groups excluding carboxylic acids is 2. The normalized spacial score (nSPS) is 19.9. The van der Waals surface area contributed by atoms with Crippen LogP contribution in [0.5, 0.6) is 0 Å². The summed E-state index contributed by atoms with van der Waals surface area (Å²) in [6, 6.07) is 7.25. The number of aromatic nitrogens is 2. The molecule has 1 atom stereocenters. The van der Waals surface area contributed by atoms with E-state index >= 15 is 0 Å². The van der Waals surface area contributed by atoms with Gasteiger partial charge in [-0.25, -0.2) is 8.78 Å². The van der Waals surface area contributed by atoms with Crippen molar-refractivity contribution >= 4 is 22.9 Å². The minimum atomic E-state index is -0.709. The lowest BCUT2D eigenvalue weighted by Gasteiger charge is -2.31. The summed E-state index contributed by atoms with van der Waals surface area (Å²) in [5.74, 6) is -2.55. The molecule has 0 saturated heterocycles. The molecular weight excluding hydrogens is 430 g/mol. The number of rotatable bonds is 4. The number of carbonyl (C=O) groups is 2. The number of benzene rings is 2. The molecule has 3 aromatic rings. The second-order valence-corrected chi connectivity index (χ2v) is 9.75. The van der Waals surface area contributed by atoms with E-state index in [1.807, 2.05) is 39.8 Å². The zero-order valence-electron chi connectivity index (χ0n) is 18.4. The summed E-state index contributed by atoms with van der Waals surface area (Å²) in [7, 11) is 0. The van der Waals surface area contributed by atoms with Gasteiger partial charge in [-0.3, -0.25) is 9.59 Å². The van der Waals surface area contributed by atoms with Crippen LogP contribution in [-0.4, -0.2) is 21.8 Å². The van der Waals surface area contributed by atoms with Gasteiger partial charge in [-0.05, 0) is 55.5 Å². The maximum atomic E-state index is 13.6. The number of Topliss-reactive ketones (excluding diaryl/α,β-unsaturated/α-hetero) is 2. The lowest BCUT2D eigenvalue weighted by atomic mass is 9.71. The van der Waals surface area contributed by atoms with Crippen molar-refractivity contribution in [3.05, 3.63) is 69.2 Å². The van der Waals surface area contributed by atoms with Gasteiger partial charge in [0.1, 0.15) is 39.1 Å². The summed E-state index contributed by atoms with van der Waals surface area (Å²) in [5, 5.41) is 9.33. The van der Waals surface area contributed by atoms with Crippen LogP contribution in [0, 0.1) is 38.3 Å². The fourth-order valence-electron chi connectivity index (χ4n) is 4.74. The van der Waals surface area contributed by atoms with Crippen LogP contribution >= 0.6 is 11.3 Å². The van der Waals surface area contributed by atoms with Crippen molar-refractivity contribution in [1.82, 2.24) is 10.2 Å². The first-order chi connectivity index (χ1) is 15.1. The highest BCUT2D eigenvalue weighted by molar-refractivity contribution is 7.14. The molecule has 1 fully saturated rings. The second kappa shape index (κ2) is 8.62. The van der Waals surface area contributed by atoms with Crippen molar-refractivity contribution in [3.8, 4) is 10.6 Å². The largest absolute Gasteiger partial charge is 0.299 e. The summed E-state index contributed by atoms with van der Waals surface area (Å²) in [4.78, 5) is 26.2. The molecule has 1 unspecified atom stereocenters. The summed E-state index contributed by atoms with van der Waals surface area (Å²) in [5.41, 5.74) is 4.20. The Morgan fingerprint density at radius 2 is 1.47 bits per heavy atom. The van der Waals surface area contributed by atoms with Gasteiger partial charge in [-0.15, -0.1) is 10.2 Å². The Balaban J connectivity index is 1.55. The summed E-state index contributed by atoms with van der Waals surface area (Å²) in [6.45, 7) is 7.82. The van der Waals surface area contributed by atoms with E-state index in [0.717, 1.165) is 28.3 Å². The number of nitrogens with zero attached hydrogens (tertiary/aromatic N) is 2. The molecule has 0 spiro atoms. The summed E-state index contributed by atoms with van der Waals surface area (Å²) in [6.07, 6.45) is 0.571. The minimum absolute atomic E-state index is 0.0647. The third-order valence-electron chi connectivity index (χ3n) is 6.24. The Labute approximate surface area is 189 Å². The monoisotopic (exact) mass is 454 g/mol. The van der Waals surface area contributed by atoms with Gasteiger partial charge in [0.2, 0.25) is 0 Å². The summed E-state index contributed by atoms with van der Waals surface area (Å²) < 4.78 is 27.1. The molecule has 7 heteroatoms. The van der Waals surface area contributed by atoms with Gasteiger partial charge in [-0.1, -0.05) is 36.0 Å². The molecule has 0 amide bonds. The highest BCUT2D eigenvalue weighted by Crippen LogP contribution is 2.41.